The third-order valence-corrected chi connectivity index (χ3v) is 7.96. The van der Waals surface area contributed by atoms with Gasteiger partial charge in [0.15, 0.2) is 0 Å². The van der Waals surface area contributed by atoms with Gasteiger partial charge in [0.25, 0.3) is 0 Å². The average molecular weight is 463 g/mol. The van der Waals surface area contributed by atoms with Gasteiger partial charge in [0.1, 0.15) is 17.5 Å². The molecule has 1 saturated carbocycles. The van der Waals surface area contributed by atoms with Crippen molar-refractivity contribution in [1.29, 1.82) is 0 Å². The van der Waals surface area contributed by atoms with Crippen LogP contribution >= 0.6 is 11.8 Å². The van der Waals surface area contributed by atoms with Crippen molar-refractivity contribution in [3.63, 3.8) is 0 Å². The number of carbonyl (C=O) groups excluding carboxylic acids is 2. The minimum Gasteiger partial charge on any atom is -0.299 e. The lowest BCUT2D eigenvalue weighted by atomic mass is 9.66. The highest BCUT2D eigenvalue weighted by Gasteiger charge is 2.43. The zero-order valence-corrected chi connectivity index (χ0v) is 19.9. The van der Waals surface area contributed by atoms with Crippen LogP contribution in [0, 0.1) is 32.1 Å². The van der Waals surface area contributed by atoms with E-state index >= 15 is 0 Å². The van der Waals surface area contributed by atoms with Crippen LogP contribution in [0.3, 0.4) is 0 Å². The zero-order chi connectivity index (χ0) is 23.8. The van der Waals surface area contributed by atoms with Crippen LogP contribution in [-0.4, -0.2) is 17.3 Å². The van der Waals surface area contributed by atoms with Crippen LogP contribution in [0.4, 0.5) is 13.2 Å². The van der Waals surface area contributed by atoms with Gasteiger partial charge in [-0.25, -0.2) is 0 Å². The van der Waals surface area contributed by atoms with Crippen LogP contribution in [0.2, 0.25) is 0 Å². The quantitative estimate of drug-likeness (QED) is 0.352. The van der Waals surface area contributed by atoms with Gasteiger partial charge in [-0.15, -0.1) is 11.8 Å². The van der Waals surface area contributed by atoms with E-state index in [1.54, 1.807) is 0 Å². The number of hydrogen-bond donors (Lipinski definition) is 0. The monoisotopic (exact) mass is 462 g/mol. The van der Waals surface area contributed by atoms with E-state index in [0.29, 0.717) is 18.6 Å². The molecule has 0 amide bonds. The maximum Gasteiger partial charge on any atom is 0.416 e. The Kier molecular flexibility index (Phi) is 6.94. The molecule has 3 rings (SSSR count). The molecule has 1 fully saturated rings. The van der Waals surface area contributed by atoms with Gasteiger partial charge in [0.05, 0.1) is 5.56 Å². The fraction of sp³-hybridized carbons (Fsp3) is 0.462. The number of Topliss-reactive ketones (excluding diaryl/α,β-unsaturated/α-hetero) is 2. The van der Waals surface area contributed by atoms with Crippen LogP contribution < -0.4 is 0 Å². The summed E-state index contributed by atoms with van der Waals surface area (Å²) < 4.78 is 38.3. The summed E-state index contributed by atoms with van der Waals surface area (Å²) in [4.78, 5) is 27.0. The van der Waals surface area contributed by atoms with Gasteiger partial charge < -0.3 is 0 Å². The summed E-state index contributed by atoms with van der Waals surface area (Å²) in [6.45, 7) is 9.95. The third kappa shape index (κ3) is 5.28. The van der Waals surface area contributed by atoms with Gasteiger partial charge >= 0.3 is 6.18 Å². The molecule has 1 aliphatic rings. The van der Waals surface area contributed by atoms with E-state index in [9.17, 15) is 22.8 Å². The molecule has 2 nitrogen and oxygen atoms in total. The first-order chi connectivity index (χ1) is 14.8. The molecule has 0 unspecified atom stereocenters. The van der Waals surface area contributed by atoms with Crippen LogP contribution in [0.15, 0.2) is 41.3 Å². The predicted octanol–water partition coefficient (Wildman–Crippen LogP) is 7.08. The SMILES string of the molecule is Cc1cc(C)c(C2C(=O)CC(C(C)(C)CSc3ccc(C(F)(F)F)cc3)CC2=O)c(C)c1. The molecule has 32 heavy (non-hydrogen) atoms. The lowest BCUT2D eigenvalue weighted by molar-refractivity contribution is -0.138. The molecule has 6 heteroatoms. The molecule has 0 atom stereocenters. The number of thioether (sulfide) groups is 1. The summed E-state index contributed by atoms with van der Waals surface area (Å²) in [5, 5.41) is 0. The molecule has 172 valence electrons. The van der Waals surface area contributed by atoms with Crippen molar-refractivity contribution < 1.29 is 22.8 Å². The van der Waals surface area contributed by atoms with E-state index in [-0.39, 0.29) is 22.9 Å². The summed E-state index contributed by atoms with van der Waals surface area (Å²) in [5.74, 6) is -0.239. The van der Waals surface area contributed by atoms with Crippen molar-refractivity contribution in [3.8, 4) is 0 Å². The second kappa shape index (κ2) is 9.05. The number of ketones is 2. The van der Waals surface area contributed by atoms with E-state index in [0.717, 1.165) is 39.3 Å². The number of aryl methyl sites for hydroxylation is 3. The summed E-state index contributed by atoms with van der Waals surface area (Å²) in [6, 6.07) is 9.14. The second-order valence-corrected chi connectivity index (χ2v) is 10.6. The van der Waals surface area contributed by atoms with Gasteiger partial charge in [-0.1, -0.05) is 31.5 Å². The lowest BCUT2D eigenvalue weighted by Crippen LogP contribution is -2.39. The van der Waals surface area contributed by atoms with Crippen LogP contribution in [0.5, 0.6) is 0 Å². The highest BCUT2D eigenvalue weighted by molar-refractivity contribution is 7.99. The summed E-state index contributed by atoms with van der Waals surface area (Å²) in [7, 11) is 0. The van der Waals surface area contributed by atoms with Crippen molar-refractivity contribution >= 4 is 23.3 Å². The highest BCUT2D eigenvalue weighted by Crippen LogP contribution is 2.44. The number of halogens is 3. The van der Waals surface area contributed by atoms with E-state index in [1.165, 1.54) is 23.9 Å². The molecule has 0 aromatic heterocycles. The van der Waals surface area contributed by atoms with Crippen molar-refractivity contribution in [2.75, 3.05) is 5.75 Å². The van der Waals surface area contributed by atoms with E-state index in [2.05, 4.69) is 0 Å². The Morgan fingerprint density at radius 2 is 1.41 bits per heavy atom. The van der Waals surface area contributed by atoms with Crippen molar-refractivity contribution in [2.45, 2.75) is 64.5 Å². The minimum absolute atomic E-state index is 0.0334. The van der Waals surface area contributed by atoms with Crippen molar-refractivity contribution in [3.05, 3.63) is 64.2 Å². The smallest absolute Gasteiger partial charge is 0.299 e. The van der Waals surface area contributed by atoms with Gasteiger partial charge in [-0.2, -0.15) is 13.2 Å². The fourth-order valence-corrected chi connectivity index (χ4v) is 5.72. The number of hydrogen-bond acceptors (Lipinski definition) is 3. The largest absolute Gasteiger partial charge is 0.416 e. The standard InChI is InChI=1S/C26H29F3O2S/c1-15-10-16(2)23(17(3)11-15)24-21(30)12-19(13-22(24)31)25(4,5)14-32-20-8-6-18(7-9-20)26(27,28)29/h6-11,19,24H,12-14H2,1-5H3. The Morgan fingerprint density at radius 3 is 1.88 bits per heavy atom. The van der Waals surface area contributed by atoms with Crippen molar-refractivity contribution in [1.82, 2.24) is 0 Å². The normalized spacial score (nSPS) is 20.0. The van der Waals surface area contributed by atoms with Gasteiger partial charge in [-0.05, 0) is 73.1 Å². The van der Waals surface area contributed by atoms with E-state index in [4.69, 9.17) is 0 Å². The van der Waals surface area contributed by atoms with Crippen LogP contribution in [0.1, 0.15) is 60.4 Å². The maximum absolute atomic E-state index is 13.1. The number of alkyl halides is 3. The topological polar surface area (TPSA) is 34.1 Å². The molecule has 2 aromatic carbocycles. The highest BCUT2D eigenvalue weighted by atomic mass is 32.2. The molecule has 0 aliphatic heterocycles. The molecule has 0 heterocycles. The number of benzene rings is 2. The Hall–Kier alpha value is -2.08. The second-order valence-electron chi connectivity index (χ2n) is 9.58. The molecular weight excluding hydrogens is 433 g/mol. The summed E-state index contributed by atoms with van der Waals surface area (Å²) >= 11 is 1.46. The molecule has 0 saturated heterocycles. The molecular formula is C26H29F3O2S. The maximum atomic E-state index is 13.1. The predicted molar refractivity (Wildman–Crippen MR) is 122 cm³/mol. The third-order valence-electron chi connectivity index (χ3n) is 6.46. The molecule has 0 bridgehead atoms. The molecule has 0 spiro atoms. The average Bonchev–Trinajstić information content (AvgIpc) is 2.67. The van der Waals surface area contributed by atoms with Gasteiger partial charge in [0.2, 0.25) is 0 Å². The summed E-state index contributed by atoms with van der Waals surface area (Å²) in [6.07, 6.45) is -3.68. The molecule has 0 radical (unpaired) electrons. The Balaban J connectivity index is 1.70. The van der Waals surface area contributed by atoms with Gasteiger partial charge in [0, 0.05) is 23.5 Å². The van der Waals surface area contributed by atoms with E-state index in [1.807, 2.05) is 46.8 Å². The van der Waals surface area contributed by atoms with E-state index < -0.39 is 17.7 Å². The van der Waals surface area contributed by atoms with Crippen molar-refractivity contribution in [2.24, 2.45) is 11.3 Å². The first-order valence-electron chi connectivity index (χ1n) is 10.7. The molecule has 2 aromatic rings. The Morgan fingerprint density at radius 1 is 0.906 bits per heavy atom. The van der Waals surface area contributed by atoms with Crippen LogP contribution in [0.25, 0.3) is 0 Å². The molecule has 0 N–H and O–H groups in total. The Labute approximate surface area is 192 Å². The first-order valence-corrected chi connectivity index (χ1v) is 11.7. The minimum atomic E-state index is -4.35. The zero-order valence-electron chi connectivity index (χ0n) is 19.1. The number of carbonyl (C=O) groups is 2. The first kappa shape index (κ1) is 24.6. The lowest BCUT2D eigenvalue weighted by Gasteiger charge is -2.38. The van der Waals surface area contributed by atoms with Crippen LogP contribution in [-0.2, 0) is 15.8 Å². The fourth-order valence-electron chi connectivity index (χ4n) is 4.62. The molecule has 1 aliphatic carbocycles. The number of rotatable bonds is 5. The summed E-state index contributed by atoms with van der Waals surface area (Å²) in [5.41, 5.74) is 2.92. The van der Waals surface area contributed by atoms with Gasteiger partial charge in [-0.3, -0.25) is 9.59 Å². The Bertz CT molecular complexity index is 981.